The first-order chi connectivity index (χ1) is 14.5. The van der Waals surface area contributed by atoms with E-state index in [-0.39, 0.29) is 12.3 Å². The van der Waals surface area contributed by atoms with E-state index < -0.39 is 53.3 Å². The second kappa shape index (κ2) is 8.88. The standard InChI is InChI=1S/C21H24FNO7S/c1-11(24)15-17(25)23-16(19(26)29-10-30-20(27)21(2,3)4)14(31-18(15)23)9-28-13-7-5-12(22)6-8-13/h5-8,11,15,18,24H,9-10H2,1-4H3/t11-,15+,18-/m1/s1. The molecule has 1 aromatic carbocycles. The minimum absolute atomic E-state index is 0.00850. The molecule has 0 saturated carbocycles. The number of hydrogen-bond acceptors (Lipinski definition) is 8. The van der Waals surface area contributed by atoms with Gasteiger partial charge in [0.05, 0.1) is 22.3 Å². The van der Waals surface area contributed by atoms with Gasteiger partial charge in [-0.15, -0.1) is 0 Å². The summed E-state index contributed by atoms with van der Waals surface area (Å²) in [7, 11) is 0. The normalized spacial score (nSPS) is 21.4. The van der Waals surface area contributed by atoms with Crippen molar-refractivity contribution in [1.29, 1.82) is 0 Å². The van der Waals surface area contributed by atoms with Crippen LogP contribution in [0.3, 0.4) is 0 Å². The van der Waals surface area contributed by atoms with Gasteiger partial charge in [-0.2, -0.15) is 0 Å². The molecule has 10 heteroatoms. The predicted octanol–water partition coefficient (Wildman–Crippen LogP) is 2.42. The van der Waals surface area contributed by atoms with E-state index in [9.17, 15) is 23.9 Å². The highest BCUT2D eigenvalue weighted by Gasteiger charge is 2.58. The number of ether oxygens (including phenoxy) is 3. The summed E-state index contributed by atoms with van der Waals surface area (Å²) in [6.07, 6.45) is -0.886. The molecular formula is C21H24FNO7S. The number of esters is 2. The van der Waals surface area contributed by atoms with Crippen LogP contribution in [0.25, 0.3) is 0 Å². The Hall–Kier alpha value is -2.59. The van der Waals surface area contributed by atoms with Crippen molar-refractivity contribution in [2.24, 2.45) is 11.3 Å². The van der Waals surface area contributed by atoms with Crippen LogP contribution in [0.1, 0.15) is 27.7 Å². The third-order valence-corrected chi connectivity index (χ3v) is 6.08. The Balaban J connectivity index is 1.73. The Bertz CT molecular complexity index is 907. The number of aliphatic hydroxyl groups is 1. The molecule has 3 rings (SSSR count). The molecule has 1 amide bonds. The second-order valence-electron chi connectivity index (χ2n) is 8.23. The lowest BCUT2D eigenvalue weighted by Crippen LogP contribution is -2.60. The van der Waals surface area contributed by atoms with Crippen LogP contribution < -0.4 is 4.74 Å². The molecule has 0 bridgehead atoms. The summed E-state index contributed by atoms with van der Waals surface area (Å²) < 4.78 is 28.7. The molecule has 2 aliphatic rings. The molecule has 0 spiro atoms. The Morgan fingerprint density at radius 2 is 1.87 bits per heavy atom. The molecule has 0 aliphatic carbocycles. The summed E-state index contributed by atoms with van der Waals surface area (Å²) in [6, 6.07) is 5.37. The molecule has 0 aromatic heterocycles. The maximum Gasteiger partial charge on any atom is 0.358 e. The number of benzene rings is 1. The fourth-order valence-corrected chi connectivity index (χ4v) is 4.56. The summed E-state index contributed by atoms with van der Waals surface area (Å²) in [5.74, 6) is -2.47. The van der Waals surface area contributed by atoms with Gasteiger partial charge in [0.2, 0.25) is 12.7 Å². The van der Waals surface area contributed by atoms with Crippen molar-refractivity contribution in [3.63, 3.8) is 0 Å². The van der Waals surface area contributed by atoms with Crippen molar-refractivity contribution >= 4 is 29.6 Å². The quantitative estimate of drug-likeness (QED) is 0.382. The van der Waals surface area contributed by atoms with Crippen LogP contribution in [0.15, 0.2) is 34.9 Å². The molecule has 2 aliphatic heterocycles. The highest BCUT2D eigenvalue weighted by molar-refractivity contribution is 8.04. The van der Waals surface area contributed by atoms with Crippen LogP contribution in [0.2, 0.25) is 0 Å². The minimum atomic E-state index is -0.886. The van der Waals surface area contributed by atoms with E-state index >= 15 is 0 Å². The van der Waals surface area contributed by atoms with Crippen LogP contribution in [0.5, 0.6) is 5.75 Å². The SMILES string of the molecule is C[C@@H](O)[C@H]1C(=O)N2C(C(=O)OCOC(=O)C(C)(C)C)=C(COc3ccc(F)cc3)S[C@H]12. The van der Waals surface area contributed by atoms with Crippen LogP contribution in [0, 0.1) is 17.2 Å². The number of carbonyl (C=O) groups excluding carboxylic acids is 3. The van der Waals surface area contributed by atoms with Gasteiger partial charge in [-0.05, 0) is 52.0 Å². The largest absolute Gasteiger partial charge is 0.488 e. The summed E-state index contributed by atoms with van der Waals surface area (Å²) >= 11 is 1.22. The van der Waals surface area contributed by atoms with Gasteiger partial charge in [-0.1, -0.05) is 11.8 Å². The highest BCUT2D eigenvalue weighted by Crippen LogP contribution is 2.50. The average Bonchev–Trinajstić information content (AvgIpc) is 3.00. The fourth-order valence-electron chi connectivity index (χ4n) is 3.05. The minimum Gasteiger partial charge on any atom is -0.488 e. The number of aliphatic hydroxyl groups excluding tert-OH is 1. The molecule has 1 aromatic rings. The van der Waals surface area contributed by atoms with E-state index in [1.807, 2.05) is 0 Å². The molecule has 31 heavy (non-hydrogen) atoms. The molecule has 8 nitrogen and oxygen atoms in total. The Morgan fingerprint density at radius 1 is 1.23 bits per heavy atom. The van der Waals surface area contributed by atoms with Gasteiger partial charge in [0.15, 0.2) is 0 Å². The number of β-lactam (4-membered cyclic amide) rings is 1. The number of halogens is 1. The molecule has 0 unspecified atom stereocenters. The van der Waals surface area contributed by atoms with E-state index in [4.69, 9.17) is 14.2 Å². The fraction of sp³-hybridized carbons (Fsp3) is 0.476. The zero-order valence-electron chi connectivity index (χ0n) is 17.6. The van der Waals surface area contributed by atoms with E-state index in [0.29, 0.717) is 10.7 Å². The van der Waals surface area contributed by atoms with Gasteiger partial charge in [0.1, 0.15) is 29.2 Å². The highest BCUT2D eigenvalue weighted by atomic mass is 32.2. The number of fused-ring (bicyclic) bond motifs is 1. The average molecular weight is 453 g/mol. The van der Waals surface area contributed by atoms with Gasteiger partial charge < -0.3 is 19.3 Å². The Morgan fingerprint density at radius 3 is 2.45 bits per heavy atom. The number of hydrogen-bond donors (Lipinski definition) is 1. The number of carbonyl (C=O) groups is 3. The Labute approximate surface area is 183 Å². The topological polar surface area (TPSA) is 102 Å². The molecule has 1 N–H and O–H groups in total. The Kier molecular flexibility index (Phi) is 6.61. The van der Waals surface area contributed by atoms with Crippen LogP contribution >= 0.6 is 11.8 Å². The lowest BCUT2D eigenvalue weighted by atomic mass is 9.92. The second-order valence-corrected chi connectivity index (χ2v) is 9.44. The molecule has 168 valence electrons. The van der Waals surface area contributed by atoms with Gasteiger partial charge in [-0.25, -0.2) is 9.18 Å². The zero-order valence-corrected chi connectivity index (χ0v) is 18.4. The maximum atomic E-state index is 13.1. The summed E-state index contributed by atoms with van der Waals surface area (Å²) in [6.45, 7) is 5.85. The van der Waals surface area contributed by atoms with E-state index in [1.54, 1.807) is 20.8 Å². The molecule has 3 atom stereocenters. The van der Waals surface area contributed by atoms with Crippen LogP contribution in [-0.2, 0) is 23.9 Å². The van der Waals surface area contributed by atoms with Crippen LogP contribution in [0.4, 0.5) is 4.39 Å². The summed E-state index contributed by atoms with van der Waals surface area (Å²) in [5, 5.41) is 9.43. The number of thioether (sulfide) groups is 1. The predicted molar refractivity (Wildman–Crippen MR) is 109 cm³/mol. The summed E-state index contributed by atoms with van der Waals surface area (Å²) in [4.78, 5) is 38.8. The third-order valence-electron chi connectivity index (χ3n) is 4.74. The van der Waals surface area contributed by atoms with Crippen molar-refractivity contribution in [1.82, 2.24) is 4.90 Å². The lowest BCUT2D eigenvalue weighted by molar-refractivity contribution is -0.174. The van der Waals surface area contributed by atoms with Crippen LogP contribution in [-0.4, -0.2) is 52.7 Å². The van der Waals surface area contributed by atoms with Crippen molar-refractivity contribution in [2.75, 3.05) is 13.4 Å². The van der Waals surface area contributed by atoms with Gasteiger partial charge in [-0.3, -0.25) is 14.5 Å². The first kappa shape index (κ1) is 23.1. The first-order valence-corrected chi connectivity index (χ1v) is 10.5. The lowest BCUT2D eigenvalue weighted by Gasteiger charge is -2.43. The number of amides is 1. The maximum absolute atomic E-state index is 13.1. The number of nitrogens with zero attached hydrogens (tertiary/aromatic N) is 1. The zero-order chi connectivity index (χ0) is 22.9. The van der Waals surface area contributed by atoms with Gasteiger partial charge in [0.25, 0.3) is 0 Å². The molecular weight excluding hydrogens is 429 g/mol. The van der Waals surface area contributed by atoms with E-state index in [2.05, 4.69) is 0 Å². The van der Waals surface area contributed by atoms with Crippen molar-refractivity contribution < 1.29 is 38.1 Å². The van der Waals surface area contributed by atoms with Gasteiger partial charge in [0, 0.05) is 0 Å². The first-order valence-electron chi connectivity index (χ1n) is 9.64. The van der Waals surface area contributed by atoms with Gasteiger partial charge >= 0.3 is 11.9 Å². The third kappa shape index (κ3) is 4.85. The molecule has 1 saturated heterocycles. The molecule has 1 fully saturated rings. The summed E-state index contributed by atoms with van der Waals surface area (Å²) in [5.41, 5.74) is -0.766. The number of rotatable bonds is 7. The smallest absolute Gasteiger partial charge is 0.358 e. The van der Waals surface area contributed by atoms with Crippen molar-refractivity contribution in [3.05, 3.63) is 40.7 Å². The van der Waals surface area contributed by atoms with E-state index in [0.717, 1.165) is 0 Å². The monoisotopic (exact) mass is 453 g/mol. The van der Waals surface area contributed by atoms with Crippen molar-refractivity contribution in [2.45, 2.75) is 39.2 Å². The van der Waals surface area contributed by atoms with Crippen molar-refractivity contribution in [3.8, 4) is 5.75 Å². The molecule has 2 heterocycles. The van der Waals surface area contributed by atoms with E-state index in [1.165, 1.54) is 47.9 Å². The molecule has 0 radical (unpaired) electrons.